The standard InChI is InChI=1S/C9H5IN4O/c10-5-1-2-7-6(3-5)8-11-4-12-14(8)9(15)13-7/h1-4H,(H,11,12). The fourth-order valence-corrected chi connectivity index (χ4v) is 2.04. The highest BCUT2D eigenvalue weighted by Gasteiger charge is 2.06. The van der Waals surface area contributed by atoms with Crippen molar-refractivity contribution in [2.45, 2.75) is 0 Å². The first-order valence-corrected chi connectivity index (χ1v) is 5.35. The van der Waals surface area contributed by atoms with Gasteiger partial charge in [-0.2, -0.15) is 14.6 Å². The van der Waals surface area contributed by atoms with E-state index in [1.165, 1.54) is 10.8 Å². The van der Waals surface area contributed by atoms with Crippen LogP contribution in [0, 0.1) is 3.57 Å². The fourth-order valence-electron chi connectivity index (χ4n) is 1.55. The molecule has 0 radical (unpaired) electrons. The van der Waals surface area contributed by atoms with Gasteiger partial charge in [-0.15, -0.1) is 0 Å². The third-order valence-corrected chi connectivity index (χ3v) is 2.87. The number of nitrogens with one attached hydrogen (secondary N) is 1. The van der Waals surface area contributed by atoms with Gasteiger partial charge in [0.2, 0.25) is 0 Å². The molecule has 2 heterocycles. The molecule has 0 spiro atoms. The lowest BCUT2D eigenvalue weighted by atomic mass is 10.2. The van der Waals surface area contributed by atoms with Crippen LogP contribution in [0.4, 0.5) is 0 Å². The summed E-state index contributed by atoms with van der Waals surface area (Å²) in [7, 11) is 0. The van der Waals surface area contributed by atoms with Crippen LogP contribution in [0.15, 0.2) is 29.3 Å². The quantitative estimate of drug-likeness (QED) is 0.634. The van der Waals surface area contributed by atoms with E-state index in [0.717, 1.165) is 8.96 Å². The van der Waals surface area contributed by atoms with E-state index in [9.17, 15) is 4.79 Å². The molecule has 0 atom stereocenters. The molecule has 0 aliphatic carbocycles. The van der Waals surface area contributed by atoms with Gasteiger partial charge in [0, 0.05) is 8.96 Å². The van der Waals surface area contributed by atoms with Crippen molar-refractivity contribution in [1.29, 1.82) is 0 Å². The largest absolute Gasteiger partial charge is 0.370 e. The van der Waals surface area contributed by atoms with Crippen molar-refractivity contribution in [2.75, 3.05) is 0 Å². The van der Waals surface area contributed by atoms with Gasteiger partial charge in [-0.05, 0) is 40.8 Å². The van der Waals surface area contributed by atoms with Crippen LogP contribution < -0.4 is 5.69 Å². The highest BCUT2D eigenvalue weighted by atomic mass is 127. The van der Waals surface area contributed by atoms with Crippen LogP contribution in [0.25, 0.3) is 16.6 Å². The van der Waals surface area contributed by atoms with Crippen molar-refractivity contribution in [2.24, 2.45) is 0 Å². The number of hydrogen-bond donors (Lipinski definition) is 1. The lowest BCUT2D eigenvalue weighted by Gasteiger charge is -1.98. The molecular weight excluding hydrogens is 307 g/mol. The van der Waals surface area contributed by atoms with Gasteiger partial charge in [0.25, 0.3) is 0 Å². The molecule has 0 bridgehead atoms. The molecule has 1 aromatic carbocycles. The predicted molar refractivity (Wildman–Crippen MR) is 63.8 cm³/mol. The van der Waals surface area contributed by atoms with Crippen LogP contribution in [-0.4, -0.2) is 19.6 Å². The normalized spacial score (nSPS) is 11.3. The first kappa shape index (κ1) is 8.84. The summed E-state index contributed by atoms with van der Waals surface area (Å²) >= 11 is 2.22. The highest BCUT2D eigenvalue weighted by molar-refractivity contribution is 14.1. The van der Waals surface area contributed by atoms with Crippen LogP contribution in [0.5, 0.6) is 0 Å². The highest BCUT2D eigenvalue weighted by Crippen LogP contribution is 2.17. The second-order valence-electron chi connectivity index (χ2n) is 3.11. The van der Waals surface area contributed by atoms with Gasteiger partial charge in [-0.3, -0.25) is 0 Å². The molecule has 0 unspecified atom stereocenters. The van der Waals surface area contributed by atoms with Gasteiger partial charge in [-0.25, -0.2) is 4.79 Å². The average Bonchev–Trinajstić information content (AvgIpc) is 2.69. The first-order valence-electron chi connectivity index (χ1n) is 4.27. The second kappa shape index (κ2) is 3.02. The summed E-state index contributed by atoms with van der Waals surface area (Å²) in [6.07, 6.45) is 1.48. The van der Waals surface area contributed by atoms with Crippen molar-refractivity contribution in [3.63, 3.8) is 0 Å². The molecule has 1 N–H and O–H groups in total. The summed E-state index contributed by atoms with van der Waals surface area (Å²) in [4.78, 5) is 18.4. The topological polar surface area (TPSA) is 63.0 Å². The maximum Gasteiger partial charge on any atom is 0.370 e. The smallest absolute Gasteiger partial charge is 0.329 e. The minimum atomic E-state index is -0.361. The van der Waals surface area contributed by atoms with Crippen LogP contribution in [0.2, 0.25) is 0 Å². The van der Waals surface area contributed by atoms with Crippen LogP contribution in [-0.2, 0) is 0 Å². The van der Waals surface area contributed by atoms with Gasteiger partial charge < -0.3 is 4.98 Å². The monoisotopic (exact) mass is 312 g/mol. The molecule has 0 saturated carbocycles. The maximum absolute atomic E-state index is 11.5. The molecular formula is C9H5IN4O. The zero-order chi connectivity index (χ0) is 10.4. The van der Waals surface area contributed by atoms with Crippen molar-refractivity contribution >= 4 is 39.1 Å². The minimum absolute atomic E-state index is 0.361. The Morgan fingerprint density at radius 1 is 1.40 bits per heavy atom. The number of rotatable bonds is 0. The number of hydrogen-bond acceptors (Lipinski definition) is 3. The van der Waals surface area contributed by atoms with E-state index in [0.29, 0.717) is 11.2 Å². The molecule has 74 valence electrons. The summed E-state index contributed by atoms with van der Waals surface area (Å²) in [6.45, 7) is 0. The Hall–Kier alpha value is -1.44. The van der Waals surface area contributed by atoms with E-state index < -0.39 is 0 Å². The summed E-state index contributed by atoms with van der Waals surface area (Å²) < 4.78 is 2.36. The molecule has 3 aromatic rings. The van der Waals surface area contributed by atoms with Crippen molar-refractivity contribution in [3.05, 3.63) is 38.6 Å². The molecule has 15 heavy (non-hydrogen) atoms. The number of benzene rings is 1. The number of fused-ring (bicyclic) bond motifs is 3. The van der Waals surface area contributed by atoms with Crippen LogP contribution >= 0.6 is 22.6 Å². The Kier molecular flexibility index (Phi) is 1.78. The van der Waals surface area contributed by atoms with Crippen LogP contribution in [0.1, 0.15) is 0 Å². The molecule has 0 fully saturated rings. The van der Waals surface area contributed by atoms with Crippen molar-refractivity contribution in [3.8, 4) is 0 Å². The van der Waals surface area contributed by atoms with E-state index in [4.69, 9.17) is 0 Å². The Bertz CT molecular complexity index is 715. The molecule has 6 heteroatoms. The van der Waals surface area contributed by atoms with E-state index >= 15 is 0 Å². The van der Waals surface area contributed by atoms with Gasteiger partial charge in [0.15, 0.2) is 0 Å². The molecule has 0 aliphatic heterocycles. The Morgan fingerprint density at radius 2 is 2.27 bits per heavy atom. The minimum Gasteiger partial charge on any atom is -0.329 e. The van der Waals surface area contributed by atoms with Crippen molar-refractivity contribution < 1.29 is 0 Å². The molecule has 3 rings (SSSR count). The Morgan fingerprint density at radius 3 is 3.13 bits per heavy atom. The molecule has 0 amide bonds. The maximum atomic E-state index is 11.5. The third-order valence-electron chi connectivity index (χ3n) is 2.20. The lowest BCUT2D eigenvalue weighted by molar-refractivity contribution is 0.881. The number of nitrogens with zero attached hydrogens (tertiary/aromatic N) is 3. The second-order valence-corrected chi connectivity index (χ2v) is 4.35. The van der Waals surface area contributed by atoms with Gasteiger partial charge in [0.05, 0.1) is 5.52 Å². The van der Waals surface area contributed by atoms with Crippen molar-refractivity contribution in [1.82, 2.24) is 19.6 Å². The SMILES string of the molecule is O=c1nc2ccc(I)cc2c2[nH]cnn12. The zero-order valence-electron chi connectivity index (χ0n) is 7.44. The van der Waals surface area contributed by atoms with Gasteiger partial charge >= 0.3 is 5.69 Å². The summed E-state index contributed by atoms with van der Waals surface area (Å²) in [5.74, 6) is 0. The molecule has 0 aliphatic rings. The number of halogens is 1. The summed E-state index contributed by atoms with van der Waals surface area (Å²) in [5.41, 5.74) is 1.01. The Labute approximate surface area is 97.3 Å². The van der Waals surface area contributed by atoms with Gasteiger partial charge in [-0.1, -0.05) is 0 Å². The molecule has 5 nitrogen and oxygen atoms in total. The van der Waals surface area contributed by atoms with E-state index in [1.54, 1.807) is 0 Å². The number of aromatic nitrogens is 4. The number of aromatic amines is 1. The number of H-pyrrole nitrogens is 1. The summed E-state index contributed by atoms with van der Waals surface area (Å²) in [6, 6.07) is 5.72. The van der Waals surface area contributed by atoms with E-state index in [2.05, 4.69) is 37.7 Å². The van der Waals surface area contributed by atoms with Crippen LogP contribution in [0.3, 0.4) is 0 Å². The first-order chi connectivity index (χ1) is 7.25. The Balaban J connectivity index is 2.67. The average molecular weight is 312 g/mol. The lowest BCUT2D eigenvalue weighted by Crippen LogP contribution is -2.17. The molecule has 0 saturated heterocycles. The van der Waals surface area contributed by atoms with Gasteiger partial charge in [0.1, 0.15) is 12.0 Å². The zero-order valence-corrected chi connectivity index (χ0v) is 9.59. The van der Waals surface area contributed by atoms with E-state index in [-0.39, 0.29) is 5.69 Å². The molecule has 2 aromatic heterocycles. The fraction of sp³-hybridized carbons (Fsp3) is 0. The summed E-state index contributed by atoms with van der Waals surface area (Å²) in [5, 5.41) is 4.78. The third kappa shape index (κ3) is 1.24. The van der Waals surface area contributed by atoms with E-state index in [1.807, 2.05) is 18.2 Å². The predicted octanol–water partition coefficient (Wildman–Crippen LogP) is 1.18.